The number of anilines is 1. The molecular formula is C21H22ClN7O5. The number of carbonyl (C=O) groups is 3. The number of piperazine rings is 1. The third-order valence-corrected chi connectivity index (χ3v) is 6.10. The fourth-order valence-corrected chi connectivity index (χ4v) is 4.20. The lowest BCUT2D eigenvalue weighted by atomic mass is 10.3. The van der Waals surface area contributed by atoms with Crippen molar-refractivity contribution in [3.63, 3.8) is 0 Å². The molecule has 5 rings (SSSR count). The van der Waals surface area contributed by atoms with Crippen LogP contribution in [0.1, 0.15) is 22.4 Å². The van der Waals surface area contributed by atoms with E-state index in [0.717, 1.165) is 0 Å². The molecule has 178 valence electrons. The van der Waals surface area contributed by atoms with Gasteiger partial charge in [0.25, 0.3) is 5.91 Å². The van der Waals surface area contributed by atoms with E-state index >= 15 is 0 Å². The number of hydrogen-bond donors (Lipinski definition) is 0. The van der Waals surface area contributed by atoms with Gasteiger partial charge < -0.3 is 24.2 Å². The first-order valence-corrected chi connectivity index (χ1v) is 11.2. The van der Waals surface area contributed by atoms with E-state index in [0.29, 0.717) is 57.5 Å². The van der Waals surface area contributed by atoms with Crippen LogP contribution in [0.15, 0.2) is 30.7 Å². The summed E-state index contributed by atoms with van der Waals surface area (Å²) in [6.07, 6.45) is 2.50. The Kier molecular flexibility index (Phi) is 6.16. The van der Waals surface area contributed by atoms with Crippen LogP contribution < -0.4 is 4.90 Å². The first kappa shape index (κ1) is 22.3. The van der Waals surface area contributed by atoms with Crippen LogP contribution in [0.2, 0.25) is 5.02 Å². The highest BCUT2D eigenvalue weighted by Crippen LogP contribution is 2.35. The van der Waals surface area contributed by atoms with Crippen molar-refractivity contribution < 1.29 is 23.9 Å². The molecule has 2 fully saturated rings. The second-order valence-electron chi connectivity index (χ2n) is 7.89. The number of amides is 4. The van der Waals surface area contributed by atoms with Gasteiger partial charge in [0.2, 0.25) is 6.23 Å². The Morgan fingerprint density at radius 1 is 0.941 bits per heavy atom. The molecule has 1 atom stereocenters. The fraction of sp³-hybridized carbons (Fsp3) is 0.429. The molecule has 0 aromatic carbocycles. The zero-order chi connectivity index (χ0) is 23.7. The number of hydrogen-bond acceptors (Lipinski definition) is 8. The van der Waals surface area contributed by atoms with Crippen molar-refractivity contribution in [2.75, 3.05) is 57.4 Å². The monoisotopic (exact) mass is 487 g/mol. The van der Waals surface area contributed by atoms with E-state index in [1.807, 2.05) is 0 Å². The van der Waals surface area contributed by atoms with Gasteiger partial charge >= 0.3 is 12.1 Å². The van der Waals surface area contributed by atoms with Gasteiger partial charge in [-0.3, -0.25) is 9.78 Å². The van der Waals surface area contributed by atoms with E-state index in [1.165, 1.54) is 28.4 Å². The predicted octanol–water partition coefficient (Wildman–Crippen LogP) is 1.39. The molecule has 0 bridgehead atoms. The molecule has 2 saturated heterocycles. The number of rotatable bonds is 2. The van der Waals surface area contributed by atoms with Crippen LogP contribution in [0.3, 0.4) is 0 Å². The SMILES string of the molecule is O=C(O[C@@H]1c2nccnc2C(=O)N1c1ccc(Cl)cn1)N1CCN(C(=O)N2CCOCC2)CC1. The molecule has 0 unspecified atom stereocenters. The molecule has 0 radical (unpaired) electrons. The molecule has 4 amide bonds. The molecule has 2 aromatic heterocycles. The number of urea groups is 1. The van der Waals surface area contributed by atoms with Crippen molar-refractivity contribution in [1.82, 2.24) is 29.7 Å². The third-order valence-electron chi connectivity index (χ3n) is 5.88. The number of morpholine rings is 1. The van der Waals surface area contributed by atoms with Crippen LogP contribution in [-0.2, 0) is 9.47 Å². The van der Waals surface area contributed by atoms with Gasteiger partial charge in [0.15, 0.2) is 5.69 Å². The first-order valence-electron chi connectivity index (χ1n) is 10.9. The number of fused-ring (bicyclic) bond motifs is 1. The van der Waals surface area contributed by atoms with Crippen molar-refractivity contribution in [2.24, 2.45) is 0 Å². The summed E-state index contributed by atoms with van der Waals surface area (Å²) in [6.45, 7) is 3.56. The molecule has 3 aliphatic heterocycles. The van der Waals surface area contributed by atoms with Gasteiger partial charge in [-0.2, -0.15) is 0 Å². The van der Waals surface area contributed by atoms with Gasteiger partial charge in [-0.1, -0.05) is 11.6 Å². The van der Waals surface area contributed by atoms with Crippen molar-refractivity contribution in [3.05, 3.63) is 47.1 Å². The third kappa shape index (κ3) is 4.21. The summed E-state index contributed by atoms with van der Waals surface area (Å²) < 4.78 is 11.0. The average Bonchev–Trinajstić information content (AvgIpc) is 3.16. The molecule has 0 saturated carbocycles. The molecule has 34 heavy (non-hydrogen) atoms. The molecule has 5 heterocycles. The zero-order valence-corrected chi connectivity index (χ0v) is 18.9. The van der Waals surface area contributed by atoms with Crippen LogP contribution in [0.4, 0.5) is 15.4 Å². The molecule has 13 heteroatoms. The molecule has 12 nitrogen and oxygen atoms in total. The number of halogens is 1. The second kappa shape index (κ2) is 9.39. The topological polar surface area (TPSA) is 121 Å². The van der Waals surface area contributed by atoms with Crippen LogP contribution in [-0.4, -0.2) is 100 Å². The van der Waals surface area contributed by atoms with E-state index < -0.39 is 18.2 Å². The average molecular weight is 488 g/mol. The van der Waals surface area contributed by atoms with Gasteiger partial charge in [0, 0.05) is 57.9 Å². The van der Waals surface area contributed by atoms with Gasteiger partial charge in [-0.25, -0.2) is 24.5 Å². The largest absolute Gasteiger partial charge is 0.419 e. The number of nitrogens with zero attached hydrogens (tertiary/aromatic N) is 7. The summed E-state index contributed by atoms with van der Waals surface area (Å²) in [5.41, 5.74) is 0.330. The maximum atomic E-state index is 13.0. The molecule has 2 aromatic rings. The molecule has 0 spiro atoms. The van der Waals surface area contributed by atoms with Crippen molar-refractivity contribution in [1.29, 1.82) is 0 Å². The molecule has 0 aliphatic carbocycles. The summed E-state index contributed by atoms with van der Waals surface area (Å²) in [7, 11) is 0. The second-order valence-corrected chi connectivity index (χ2v) is 8.33. The Bertz CT molecular complexity index is 1090. The van der Waals surface area contributed by atoms with Gasteiger partial charge in [0.05, 0.1) is 18.2 Å². The lowest BCUT2D eigenvalue weighted by Crippen LogP contribution is -2.55. The minimum atomic E-state index is -1.12. The highest BCUT2D eigenvalue weighted by Gasteiger charge is 2.44. The first-order chi connectivity index (χ1) is 16.5. The summed E-state index contributed by atoms with van der Waals surface area (Å²) in [5.74, 6) is -0.218. The number of ether oxygens (including phenoxy) is 2. The van der Waals surface area contributed by atoms with E-state index in [1.54, 1.807) is 21.9 Å². The highest BCUT2D eigenvalue weighted by atomic mass is 35.5. The predicted molar refractivity (Wildman–Crippen MR) is 118 cm³/mol. The number of aromatic nitrogens is 3. The van der Waals surface area contributed by atoms with Gasteiger partial charge in [0.1, 0.15) is 11.5 Å². The molecule has 0 N–H and O–H groups in total. The van der Waals surface area contributed by atoms with E-state index in [2.05, 4.69) is 15.0 Å². The number of pyridine rings is 1. The quantitative estimate of drug-likeness (QED) is 0.623. The summed E-state index contributed by atoms with van der Waals surface area (Å²) >= 11 is 5.93. The van der Waals surface area contributed by atoms with Gasteiger partial charge in [-0.15, -0.1) is 0 Å². The van der Waals surface area contributed by atoms with E-state index in [9.17, 15) is 14.4 Å². The van der Waals surface area contributed by atoms with Crippen LogP contribution in [0, 0.1) is 0 Å². The van der Waals surface area contributed by atoms with Crippen LogP contribution in [0.5, 0.6) is 0 Å². The minimum absolute atomic E-state index is 0.0538. The van der Waals surface area contributed by atoms with E-state index in [-0.39, 0.29) is 23.2 Å². The molecule has 3 aliphatic rings. The van der Waals surface area contributed by atoms with Crippen molar-refractivity contribution in [2.45, 2.75) is 6.23 Å². The lowest BCUT2D eigenvalue weighted by molar-refractivity contribution is 0.0303. The van der Waals surface area contributed by atoms with E-state index in [4.69, 9.17) is 21.1 Å². The van der Waals surface area contributed by atoms with Crippen LogP contribution >= 0.6 is 11.6 Å². The van der Waals surface area contributed by atoms with Gasteiger partial charge in [-0.05, 0) is 12.1 Å². The maximum absolute atomic E-state index is 13.0. The summed E-state index contributed by atoms with van der Waals surface area (Å²) in [5, 5.41) is 0.405. The normalized spacial score (nSPS) is 20.4. The van der Waals surface area contributed by atoms with Crippen molar-refractivity contribution >= 4 is 35.5 Å². The highest BCUT2D eigenvalue weighted by molar-refractivity contribution is 6.30. The standard InChI is InChI=1S/C21H22ClN7O5/c22-14-1-2-15(25-13-14)29-18(30)16-17(24-4-3-23-16)19(29)34-21(32)28-7-5-26(6-8-28)20(31)27-9-11-33-12-10-27/h1-4,13,19H,5-12H2/t19-/m1/s1. The Morgan fingerprint density at radius 3 is 2.32 bits per heavy atom. The zero-order valence-electron chi connectivity index (χ0n) is 18.2. The summed E-state index contributed by atoms with van der Waals surface area (Å²) in [4.78, 5) is 57.5. The lowest BCUT2D eigenvalue weighted by Gasteiger charge is -2.38. The van der Waals surface area contributed by atoms with Crippen LogP contribution in [0.25, 0.3) is 0 Å². The Balaban J connectivity index is 1.28. The Morgan fingerprint density at radius 2 is 1.62 bits per heavy atom. The Hall–Kier alpha value is -3.51. The smallest absolute Gasteiger partial charge is 0.412 e. The summed E-state index contributed by atoms with van der Waals surface area (Å²) in [6, 6.07) is 3.09. The fourth-order valence-electron chi connectivity index (χ4n) is 4.09. The maximum Gasteiger partial charge on any atom is 0.412 e. The minimum Gasteiger partial charge on any atom is -0.419 e. The van der Waals surface area contributed by atoms with Crippen molar-refractivity contribution in [3.8, 4) is 0 Å². The Labute approximate surface area is 200 Å². The number of carbonyl (C=O) groups excluding carboxylic acids is 3. The molecular weight excluding hydrogens is 466 g/mol.